The van der Waals surface area contributed by atoms with E-state index in [4.69, 9.17) is 0 Å². The Kier molecular flexibility index (Phi) is 4.61. The molecule has 23 heavy (non-hydrogen) atoms. The number of aryl methyl sites for hydroxylation is 4. The van der Waals surface area contributed by atoms with Crippen LogP contribution in [-0.4, -0.2) is 14.2 Å². The highest BCUT2D eigenvalue weighted by Gasteiger charge is 2.20. The lowest BCUT2D eigenvalue weighted by Gasteiger charge is -2.14. The van der Waals surface area contributed by atoms with Crippen molar-refractivity contribution < 1.29 is 13.2 Å². The van der Waals surface area contributed by atoms with Gasteiger partial charge in [0.25, 0.3) is 10.0 Å². The van der Waals surface area contributed by atoms with E-state index in [9.17, 15) is 13.2 Å². The fourth-order valence-electron chi connectivity index (χ4n) is 2.92. The molecule has 0 bridgehead atoms. The molecule has 0 radical (unpaired) electrons. The van der Waals surface area contributed by atoms with Crippen LogP contribution in [0, 0.1) is 27.7 Å². The Morgan fingerprint density at radius 3 is 1.96 bits per heavy atom. The van der Waals surface area contributed by atoms with Crippen molar-refractivity contribution in [2.24, 2.45) is 0 Å². The fourth-order valence-corrected chi connectivity index (χ4v) is 4.42. The van der Waals surface area contributed by atoms with Gasteiger partial charge in [-0.15, -0.1) is 0 Å². The van der Waals surface area contributed by atoms with Gasteiger partial charge >= 0.3 is 0 Å². The van der Waals surface area contributed by atoms with E-state index in [1.54, 1.807) is 39.0 Å². The van der Waals surface area contributed by atoms with E-state index in [2.05, 4.69) is 4.72 Å². The second-order valence-corrected chi connectivity index (χ2v) is 7.54. The molecule has 0 fully saturated rings. The van der Waals surface area contributed by atoms with Crippen LogP contribution in [0.2, 0.25) is 0 Å². The molecule has 0 amide bonds. The molecule has 5 heteroatoms. The summed E-state index contributed by atoms with van der Waals surface area (Å²) in [6, 6.07) is 8.63. The minimum absolute atomic E-state index is 0.0397. The van der Waals surface area contributed by atoms with Gasteiger partial charge in [0.05, 0.1) is 4.90 Å². The molecule has 0 unspecified atom stereocenters. The monoisotopic (exact) mass is 331 g/mol. The van der Waals surface area contributed by atoms with E-state index in [0.29, 0.717) is 27.3 Å². The first-order chi connectivity index (χ1) is 10.6. The number of carbonyl (C=O) groups is 1. The topological polar surface area (TPSA) is 63.2 Å². The lowest BCUT2D eigenvalue weighted by Crippen LogP contribution is -2.16. The first-order valence-electron chi connectivity index (χ1n) is 7.34. The Balaban J connectivity index is 2.44. The lowest BCUT2D eigenvalue weighted by atomic mass is 10.1. The minimum Gasteiger partial charge on any atom is -0.295 e. The van der Waals surface area contributed by atoms with E-state index >= 15 is 0 Å². The number of nitrogens with one attached hydrogen (secondary N) is 1. The number of anilines is 1. The van der Waals surface area contributed by atoms with Crippen LogP contribution in [0.1, 0.15) is 39.5 Å². The van der Waals surface area contributed by atoms with Gasteiger partial charge in [-0.05, 0) is 69.5 Å². The minimum atomic E-state index is -3.68. The Hall–Kier alpha value is -2.14. The van der Waals surface area contributed by atoms with E-state index < -0.39 is 10.0 Å². The third-order valence-electron chi connectivity index (χ3n) is 3.73. The zero-order valence-electron chi connectivity index (χ0n) is 14.0. The maximum absolute atomic E-state index is 12.7. The van der Waals surface area contributed by atoms with Crippen molar-refractivity contribution in [3.8, 4) is 0 Å². The molecule has 2 rings (SSSR count). The van der Waals surface area contributed by atoms with Crippen molar-refractivity contribution in [3.05, 3.63) is 58.1 Å². The van der Waals surface area contributed by atoms with E-state index in [1.807, 2.05) is 19.1 Å². The average Bonchev–Trinajstić information content (AvgIpc) is 2.35. The highest BCUT2D eigenvalue weighted by Crippen LogP contribution is 2.25. The smallest absolute Gasteiger partial charge is 0.262 e. The van der Waals surface area contributed by atoms with Gasteiger partial charge in [-0.2, -0.15) is 0 Å². The SMILES string of the molecule is CC(=O)c1ccc(NS(=O)(=O)c2c(C)cc(C)cc2C)cc1C. The quantitative estimate of drug-likeness (QED) is 0.864. The fraction of sp³-hybridized carbons (Fsp3) is 0.278. The highest BCUT2D eigenvalue weighted by atomic mass is 32.2. The van der Waals surface area contributed by atoms with Crippen LogP contribution in [0.25, 0.3) is 0 Å². The van der Waals surface area contributed by atoms with Gasteiger partial charge < -0.3 is 0 Å². The maximum Gasteiger partial charge on any atom is 0.262 e. The summed E-state index contributed by atoms with van der Waals surface area (Å²) in [6.45, 7) is 8.80. The van der Waals surface area contributed by atoms with Gasteiger partial charge in [-0.25, -0.2) is 8.42 Å². The molecule has 0 saturated carbocycles. The van der Waals surface area contributed by atoms with Crippen molar-refractivity contribution in [1.29, 1.82) is 0 Å². The zero-order chi connectivity index (χ0) is 17.4. The average molecular weight is 331 g/mol. The first-order valence-corrected chi connectivity index (χ1v) is 8.82. The third kappa shape index (κ3) is 3.62. The molecule has 0 aliphatic heterocycles. The molecule has 0 heterocycles. The lowest BCUT2D eigenvalue weighted by molar-refractivity contribution is 0.101. The summed E-state index contributed by atoms with van der Waals surface area (Å²) in [5, 5.41) is 0. The van der Waals surface area contributed by atoms with Crippen LogP contribution in [0.3, 0.4) is 0 Å². The molecule has 1 N–H and O–H groups in total. The van der Waals surface area contributed by atoms with E-state index in [1.165, 1.54) is 6.92 Å². The molecule has 4 nitrogen and oxygen atoms in total. The summed E-state index contributed by atoms with van der Waals surface area (Å²) >= 11 is 0. The Morgan fingerprint density at radius 2 is 1.48 bits per heavy atom. The number of hydrogen-bond donors (Lipinski definition) is 1. The van der Waals surface area contributed by atoms with Crippen LogP contribution >= 0.6 is 0 Å². The van der Waals surface area contributed by atoms with Gasteiger partial charge in [0.15, 0.2) is 5.78 Å². The Bertz CT molecular complexity index is 860. The first kappa shape index (κ1) is 17.2. The summed E-state index contributed by atoms with van der Waals surface area (Å²) in [4.78, 5) is 11.8. The van der Waals surface area contributed by atoms with Gasteiger partial charge in [0.2, 0.25) is 0 Å². The molecule has 2 aromatic rings. The number of hydrogen-bond acceptors (Lipinski definition) is 3. The molecule has 122 valence electrons. The summed E-state index contributed by atoms with van der Waals surface area (Å²) < 4.78 is 28.0. The van der Waals surface area contributed by atoms with Gasteiger partial charge in [0.1, 0.15) is 0 Å². The van der Waals surface area contributed by atoms with Crippen molar-refractivity contribution in [2.45, 2.75) is 39.5 Å². The van der Waals surface area contributed by atoms with Gasteiger partial charge in [0, 0.05) is 11.3 Å². The Labute approximate surface area is 137 Å². The number of sulfonamides is 1. The number of Topliss-reactive ketones (excluding diaryl/α,β-unsaturated/α-hetero) is 1. The number of carbonyl (C=O) groups excluding carboxylic acids is 1. The Morgan fingerprint density at radius 1 is 0.913 bits per heavy atom. The third-order valence-corrected chi connectivity index (χ3v) is 5.42. The van der Waals surface area contributed by atoms with Gasteiger partial charge in [-0.3, -0.25) is 9.52 Å². The maximum atomic E-state index is 12.7. The molecule has 2 aromatic carbocycles. The van der Waals surface area contributed by atoms with Crippen LogP contribution < -0.4 is 4.72 Å². The predicted octanol–water partition coefficient (Wildman–Crippen LogP) is 3.92. The summed E-state index contributed by atoms with van der Waals surface area (Å²) in [5.41, 5.74) is 4.25. The van der Waals surface area contributed by atoms with Crippen LogP contribution in [-0.2, 0) is 10.0 Å². The van der Waals surface area contributed by atoms with Crippen molar-refractivity contribution in [2.75, 3.05) is 4.72 Å². The van der Waals surface area contributed by atoms with E-state index in [-0.39, 0.29) is 5.78 Å². The van der Waals surface area contributed by atoms with Crippen LogP contribution in [0.5, 0.6) is 0 Å². The summed E-state index contributed by atoms with van der Waals surface area (Å²) in [7, 11) is -3.68. The number of ketones is 1. The molecular weight excluding hydrogens is 310 g/mol. The zero-order valence-corrected chi connectivity index (χ0v) is 14.8. The van der Waals surface area contributed by atoms with Crippen LogP contribution in [0.15, 0.2) is 35.2 Å². The molecule has 0 saturated heterocycles. The van der Waals surface area contributed by atoms with Crippen LogP contribution in [0.4, 0.5) is 5.69 Å². The van der Waals surface area contributed by atoms with Gasteiger partial charge in [-0.1, -0.05) is 17.7 Å². The standard InChI is InChI=1S/C18H21NO3S/c1-11-8-13(3)18(14(4)9-11)23(21,22)19-16-6-7-17(15(5)20)12(2)10-16/h6-10,19H,1-5H3. The van der Waals surface area contributed by atoms with Crippen molar-refractivity contribution in [3.63, 3.8) is 0 Å². The normalized spacial score (nSPS) is 11.3. The predicted molar refractivity (Wildman–Crippen MR) is 92.6 cm³/mol. The van der Waals surface area contributed by atoms with Crippen molar-refractivity contribution >= 4 is 21.5 Å². The molecular formula is C18H21NO3S. The second kappa shape index (κ2) is 6.16. The molecule has 0 atom stereocenters. The molecule has 0 aliphatic carbocycles. The summed E-state index contributed by atoms with van der Waals surface area (Å²) in [5.74, 6) is -0.0397. The number of rotatable bonds is 4. The molecule has 0 aliphatic rings. The summed E-state index contributed by atoms with van der Waals surface area (Å²) in [6.07, 6.45) is 0. The molecule has 0 spiro atoms. The van der Waals surface area contributed by atoms with E-state index in [0.717, 1.165) is 11.1 Å². The number of benzene rings is 2. The van der Waals surface area contributed by atoms with Crippen molar-refractivity contribution in [1.82, 2.24) is 0 Å². The molecule has 0 aromatic heterocycles. The second-order valence-electron chi connectivity index (χ2n) is 5.92. The highest BCUT2D eigenvalue weighted by molar-refractivity contribution is 7.92. The largest absolute Gasteiger partial charge is 0.295 e.